The third-order valence-electron chi connectivity index (χ3n) is 4.45. The van der Waals surface area contributed by atoms with E-state index in [0.29, 0.717) is 22.3 Å². The Kier molecular flexibility index (Phi) is 4.46. The molecule has 2 heterocycles. The molecule has 0 unspecified atom stereocenters. The number of carbonyl (C=O) groups excluding carboxylic acids is 2. The minimum atomic E-state index is -0.153. The average Bonchev–Trinajstić information content (AvgIpc) is 3.08. The van der Waals surface area contributed by atoms with E-state index < -0.39 is 0 Å². The van der Waals surface area contributed by atoms with Crippen LogP contribution in [0.3, 0.4) is 0 Å². The Morgan fingerprint density at radius 2 is 1.67 bits per heavy atom. The van der Waals surface area contributed by atoms with Crippen LogP contribution in [0.2, 0.25) is 0 Å². The van der Waals surface area contributed by atoms with Gasteiger partial charge in [0.25, 0.3) is 0 Å². The second kappa shape index (κ2) is 6.93. The molecule has 4 rings (SSSR count). The number of benzene rings is 2. The van der Waals surface area contributed by atoms with Crippen molar-refractivity contribution in [2.24, 2.45) is 0 Å². The fraction of sp³-hybridized carbons (Fsp3) is 0.0455. The van der Waals surface area contributed by atoms with Gasteiger partial charge in [-0.25, -0.2) is 4.98 Å². The van der Waals surface area contributed by atoms with E-state index in [1.165, 1.54) is 6.92 Å². The predicted octanol–water partition coefficient (Wildman–Crippen LogP) is 5.20. The Morgan fingerprint density at radius 3 is 2.33 bits per heavy atom. The van der Waals surface area contributed by atoms with Crippen molar-refractivity contribution in [1.82, 2.24) is 9.38 Å². The molecule has 27 heavy (non-hydrogen) atoms. The second-order valence-corrected chi connectivity index (χ2v) is 7.15. The lowest BCUT2D eigenvalue weighted by atomic mass is 10.1. The minimum Gasteiger partial charge on any atom is -0.296 e. The molecule has 2 aromatic heterocycles. The largest absolute Gasteiger partial charge is 0.296 e. The molecule has 0 atom stereocenters. The zero-order chi connectivity index (χ0) is 19.0. The van der Waals surface area contributed by atoms with Crippen LogP contribution in [-0.2, 0) is 0 Å². The number of carbonyl (C=O) groups is 2. The molecule has 0 amide bonds. The Bertz CT molecular complexity index is 1160. The van der Waals surface area contributed by atoms with Gasteiger partial charge in [0.15, 0.2) is 5.78 Å². The van der Waals surface area contributed by atoms with Gasteiger partial charge in [-0.2, -0.15) is 0 Å². The van der Waals surface area contributed by atoms with E-state index in [1.54, 1.807) is 28.9 Å². The first-order chi connectivity index (χ1) is 13.0. The summed E-state index contributed by atoms with van der Waals surface area (Å²) >= 11 is 3.37. The highest BCUT2D eigenvalue weighted by atomic mass is 79.9. The number of Topliss-reactive ketones (excluding diaryl/α,β-unsaturated/α-hetero) is 1. The Morgan fingerprint density at radius 1 is 0.963 bits per heavy atom. The van der Waals surface area contributed by atoms with Gasteiger partial charge in [-0.1, -0.05) is 46.3 Å². The highest BCUT2D eigenvalue weighted by Gasteiger charge is 2.19. The Balaban J connectivity index is 1.88. The first-order valence-corrected chi connectivity index (χ1v) is 9.21. The molecule has 0 aliphatic heterocycles. The van der Waals surface area contributed by atoms with E-state index in [9.17, 15) is 9.59 Å². The predicted molar refractivity (Wildman–Crippen MR) is 108 cm³/mol. The molecule has 4 aromatic rings. The van der Waals surface area contributed by atoms with Gasteiger partial charge in [0, 0.05) is 21.2 Å². The van der Waals surface area contributed by atoms with Gasteiger partial charge in [0.1, 0.15) is 6.33 Å². The highest BCUT2D eigenvalue weighted by Crippen LogP contribution is 2.25. The highest BCUT2D eigenvalue weighted by molar-refractivity contribution is 9.10. The Labute approximate surface area is 164 Å². The number of rotatable bonds is 4. The van der Waals surface area contributed by atoms with Crippen LogP contribution in [0, 0.1) is 0 Å². The first-order valence-electron chi connectivity index (χ1n) is 8.42. The SMILES string of the molecule is CC(=O)c1cc(C(=O)c2ccc(Br)cc2)n2cnc(-c3ccccc3)cc12. The number of aromatic nitrogens is 2. The molecule has 5 heteroatoms. The molecule has 0 spiro atoms. The van der Waals surface area contributed by atoms with Crippen molar-refractivity contribution in [1.29, 1.82) is 0 Å². The number of hydrogen-bond acceptors (Lipinski definition) is 3. The molecule has 2 aromatic carbocycles. The van der Waals surface area contributed by atoms with Crippen LogP contribution in [0.1, 0.15) is 33.3 Å². The van der Waals surface area contributed by atoms with Crippen LogP contribution in [-0.4, -0.2) is 21.0 Å². The van der Waals surface area contributed by atoms with E-state index in [-0.39, 0.29) is 11.6 Å². The molecule has 0 aliphatic rings. The molecule has 132 valence electrons. The van der Waals surface area contributed by atoms with Gasteiger partial charge in [0.05, 0.1) is 16.9 Å². The van der Waals surface area contributed by atoms with Crippen LogP contribution in [0.15, 0.2) is 77.5 Å². The lowest BCUT2D eigenvalue weighted by molar-refractivity contribution is 0.101. The summed E-state index contributed by atoms with van der Waals surface area (Å²) in [4.78, 5) is 29.7. The number of hydrogen-bond donors (Lipinski definition) is 0. The lowest BCUT2D eigenvalue weighted by Gasteiger charge is -2.05. The molecule has 0 aliphatic carbocycles. The number of fused-ring (bicyclic) bond motifs is 1. The summed E-state index contributed by atoms with van der Waals surface area (Å²) in [6, 6.07) is 20.4. The van der Waals surface area contributed by atoms with E-state index >= 15 is 0 Å². The summed E-state index contributed by atoms with van der Waals surface area (Å²) in [7, 11) is 0. The molecule has 0 radical (unpaired) electrons. The van der Waals surface area contributed by atoms with Crippen molar-refractivity contribution in [3.8, 4) is 11.3 Å². The number of ketones is 2. The van der Waals surface area contributed by atoms with E-state index in [4.69, 9.17) is 0 Å². The van der Waals surface area contributed by atoms with E-state index in [2.05, 4.69) is 20.9 Å². The molecule has 0 fully saturated rings. The molecule has 4 nitrogen and oxygen atoms in total. The van der Waals surface area contributed by atoms with E-state index in [0.717, 1.165) is 15.7 Å². The molecular weight excluding hydrogens is 404 g/mol. The van der Waals surface area contributed by atoms with Gasteiger partial charge in [-0.3, -0.25) is 14.0 Å². The fourth-order valence-corrected chi connectivity index (χ4v) is 3.34. The van der Waals surface area contributed by atoms with Crippen LogP contribution in [0.25, 0.3) is 16.8 Å². The standard InChI is InChI=1S/C22H15BrN2O2/c1-14(26)18-11-21(22(27)16-7-9-17(23)10-8-16)25-13-24-19(12-20(18)25)15-5-3-2-4-6-15/h2-13H,1H3. The molecule has 0 saturated carbocycles. The molecule has 0 N–H and O–H groups in total. The third-order valence-corrected chi connectivity index (χ3v) is 4.98. The smallest absolute Gasteiger partial charge is 0.209 e. The van der Waals surface area contributed by atoms with Crippen molar-refractivity contribution in [2.45, 2.75) is 6.92 Å². The van der Waals surface area contributed by atoms with Crippen LogP contribution >= 0.6 is 15.9 Å². The van der Waals surface area contributed by atoms with Crippen LogP contribution < -0.4 is 0 Å². The van der Waals surface area contributed by atoms with Crippen molar-refractivity contribution >= 4 is 33.0 Å². The van der Waals surface area contributed by atoms with Gasteiger partial charge in [0.2, 0.25) is 5.78 Å². The number of halogens is 1. The summed E-state index contributed by atoms with van der Waals surface area (Å²) in [5, 5.41) is 0. The van der Waals surface area contributed by atoms with Gasteiger partial charge >= 0.3 is 0 Å². The molecular formula is C22H15BrN2O2. The summed E-state index contributed by atoms with van der Waals surface area (Å²) in [5.41, 5.74) is 3.87. The van der Waals surface area contributed by atoms with Gasteiger partial charge < -0.3 is 0 Å². The quantitative estimate of drug-likeness (QED) is 0.428. The zero-order valence-electron chi connectivity index (χ0n) is 14.5. The van der Waals surface area contributed by atoms with Crippen LogP contribution in [0.4, 0.5) is 0 Å². The topological polar surface area (TPSA) is 51.4 Å². The van der Waals surface area contributed by atoms with Crippen molar-refractivity contribution < 1.29 is 9.59 Å². The lowest BCUT2D eigenvalue weighted by Crippen LogP contribution is -2.05. The monoisotopic (exact) mass is 418 g/mol. The fourth-order valence-electron chi connectivity index (χ4n) is 3.07. The summed E-state index contributed by atoms with van der Waals surface area (Å²) in [6.07, 6.45) is 1.61. The normalized spacial score (nSPS) is 10.9. The first kappa shape index (κ1) is 17.4. The third kappa shape index (κ3) is 3.22. The minimum absolute atomic E-state index is 0.0902. The van der Waals surface area contributed by atoms with E-state index in [1.807, 2.05) is 48.5 Å². The van der Waals surface area contributed by atoms with Gasteiger partial charge in [-0.05, 0) is 43.3 Å². The van der Waals surface area contributed by atoms with Gasteiger partial charge in [-0.15, -0.1) is 0 Å². The average molecular weight is 419 g/mol. The summed E-state index contributed by atoms with van der Waals surface area (Å²) < 4.78 is 2.59. The van der Waals surface area contributed by atoms with Crippen molar-refractivity contribution in [2.75, 3.05) is 0 Å². The Hall–Kier alpha value is -3.05. The van der Waals surface area contributed by atoms with Crippen LogP contribution in [0.5, 0.6) is 0 Å². The maximum Gasteiger partial charge on any atom is 0.209 e. The molecule has 0 saturated heterocycles. The van der Waals surface area contributed by atoms with Crippen molar-refractivity contribution in [3.05, 3.63) is 94.4 Å². The zero-order valence-corrected chi connectivity index (χ0v) is 16.1. The molecule has 0 bridgehead atoms. The number of nitrogens with zero attached hydrogens (tertiary/aromatic N) is 2. The second-order valence-electron chi connectivity index (χ2n) is 6.23. The summed E-state index contributed by atoms with van der Waals surface area (Å²) in [5.74, 6) is -0.244. The van der Waals surface area contributed by atoms with Crippen molar-refractivity contribution in [3.63, 3.8) is 0 Å². The maximum absolute atomic E-state index is 13.0. The summed E-state index contributed by atoms with van der Waals surface area (Å²) in [6.45, 7) is 1.51. The maximum atomic E-state index is 13.0.